The number of hydrogen-bond acceptors (Lipinski definition) is 9. The van der Waals surface area contributed by atoms with Crippen LogP contribution < -0.4 is 16.0 Å². The molecule has 2 aromatic rings. The van der Waals surface area contributed by atoms with E-state index in [0.29, 0.717) is 23.9 Å². The second-order valence-electron chi connectivity index (χ2n) is 13.4. The number of ether oxygens (including phenoxy) is 2. The van der Waals surface area contributed by atoms with Gasteiger partial charge in [-0.05, 0) is 129 Å². The molecule has 11 heteroatoms. The van der Waals surface area contributed by atoms with E-state index in [1.165, 1.54) is 11.8 Å². The minimum absolute atomic E-state index is 0.305. The molecule has 3 N–H and O–H groups in total. The van der Waals surface area contributed by atoms with Crippen LogP contribution in [0.3, 0.4) is 0 Å². The van der Waals surface area contributed by atoms with Crippen molar-refractivity contribution in [3.05, 3.63) is 60.2 Å². The lowest BCUT2D eigenvalue weighted by Crippen LogP contribution is -2.40. The normalized spacial score (nSPS) is 16.1. The summed E-state index contributed by atoms with van der Waals surface area (Å²) in [7, 11) is 0. The first kappa shape index (κ1) is 37.6. The number of likely N-dealkylation sites (tertiary alicyclic amines) is 1. The molecule has 4 rings (SSSR count). The fraction of sp³-hybridized carbons (Fsp3) is 0.618. The lowest BCUT2D eigenvalue weighted by molar-refractivity contribution is 0.0501. The highest BCUT2D eigenvalue weighted by atomic mass is 16.6. The van der Waals surface area contributed by atoms with Crippen LogP contribution in [-0.2, 0) is 16.0 Å². The summed E-state index contributed by atoms with van der Waals surface area (Å²) in [5, 5.41) is 9.00. The van der Waals surface area contributed by atoms with Crippen LogP contribution in [0.2, 0.25) is 0 Å². The first-order valence-electron chi connectivity index (χ1n) is 15.9. The van der Waals surface area contributed by atoms with E-state index in [1.807, 2.05) is 53.8 Å². The number of alkyl carbamates (subject to hydrolysis) is 2. The Bertz CT molecular complexity index is 1110. The van der Waals surface area contributed by atoms with Crippen LogP contribution in [0.1, 0.15) is 83.1 Å². The Balaban J connectivity index is 0.000000263. The van der Waals surface area contributed by atoms with Gasteiger partial charge in [-0.25, -0.2) is 9.59 Å². The van der Waals surface area contributed by atoms with Gasteiger partial charge >= 0.3 is 12.2 Å². The van der Waals surface area contributed by atoms with Crippen molar-refractivity contribution in [3.63, 3.8) is 0 Å². The molecule has 0 aliphatic carbocycles. The maximum Gasteiger partial charge on any atom is 0.407 e. The molecule has 0 unspecified atom stereocenters. The van der Waals surface area contributed by atoms with E-state index in [9.17, 15) is 14.4 Å². The van der Waals surface area contributed by atoms with E-state index in [4.69, 9.17) is 9.47 Å². The van der Waals surface area contributed by atoms with Crippen molar-refractivity contribution in [2.24, 2.45) is 11.8 Å². The Labute approximate surface area is 269 Å². The number of carbonyl (C=O) groups excluding carboxylic acids is 3. The molecule has 0 bridgehead atoms. The number of rotatable bonds is 7. The first-order valence-corrected chi connectivity index (χ1v) is 15.9. The molecule has 2 aliphatic heterocycles. The third-order valence-electron chi connectivity index (χ3n) is 6.98. The molecule has 0 aromatic carbocycles. The zero-order valence-electron chi connectivity index (χ0n) is 28.0. The highest BCUT2D eigenvalue weighted by Gasteiger charge is 2.22. The average Bonchev–Trinajstić information content (AvgIpc) is 3.00. The molecular formula is C34H54N6O5. The molecule has 0 saturated carbocycles. The number of nitrogens with zero attached hydrogens (tertiary/aromatic N) is 3. The predicted molar refractivity (Wildman–Crippen MR) is 176 cm³/mol. The van der Waals surface area contributed by atoms with Crippen molar-refractivity contribution in [2.45, 2.75) is 85.0 Å². The summed E-state index contributed by atoms with van der Waals surface area (Å²) in [6.07, 6.45) is 11.5. The standard InChI is InChI=1S/C17H27N3O2.C11H22N2O2.C6H5NO/c1-17(2,3)22-16(21)19-12-14-6-9-20(10-7-14)13-15-5-4-8-18-11-15;1-11(2,3)15-10(14)13-8-9-4-6-12-7-5-9;8-5-6-2-1-3-7-4-6/h4-5,8,11,14H,6-7,9-10,12-13H2,1-3H3,(H,19,21);9,12H,4-8H2,1-3H3,(H,13,14);1-5H. The smallest absolute Gasteiger partial charge is 0.407 e. The third kappa shape index (κ3) is 18.8. The Hall–Kier alpha value is -3.57. The Morgan fingerprint density at radius 3 is 1.78 bits per heavy atom. The van der Waals surface area contributed by atoms with Gasteiger partial charge in [0.05, 0.1) is 0 Å². The van der Waals surface area contributed by atoms with Gasteiger partial charge in [-0.15, -0.1) is 0 Å². The minimum Gasteiger partial charge on any atom is -0.444 e. The van der Waals surface area contributed by atoms with Crippen LogP contribution >= 0.6 is 0 Å². The zero-order chi connectivity index (χ0) is 33.1. The van der Waals surface area contributed by atoms with Crippen LogP contribution in [0, 0.1) is 11.8 Å². The van der Waals surface area contributed by atoms with Gasteiger partial charge in [-0.1, -0.05) is 6.07 Å². The molecule has 0 spiro atoms. The summed E-state index contributed by atoms with van der Waals surface area (Å²) in [5.41, 5.74) is 1.04. The van der Waals surface area contributed by atoms with Crippen molar-refractivity contribution in [1.29, 1.82) is 0 Å². The molecule has 2 aromatic heterocycles. The molecule has 2 saturated heterocycles. The molecule has 4 heterocycles. The van der Waals surface area contributed by atoms with Crippen LogP contribution in [0.15, 0.2) is 49.1 Å². The SMILES string of the molecule is CC(C)(C)OC(=O)NCC1CCN(Cc2cccnc2)CC1.CC(C)(C)OC(=O)NCC1CCNCC1.O=Cc1cccnc1. The van der Waals surface area contributed by atoms with Gasteiger partial charge < -0.3 is 25.4 Å². The van der Waals surface area contributed by atoms with Crippen LogP contribution in [0.4, 0.5) is 9.59 Å². The van der Waals surface area contributed by atoms with Gasteiger partial charge in [0.25, 0.3) is 0 Å². The molecule has 250 valence electrons. The van der Waals surface area contributed by atoms with Crippen LogP contribution in [-0.4, -0.2) is 83.8 Å². The topological polar surface area (TPSA) is 135 Å². The average molecular weight is 627 g/mol. The largest absolute Gasteiger partial charge is 0.444 e. The molecule has 11 nitrogen and oxygen atoms in total. The monoisotopic (exact) mass is 626 g/mol. The molecule has 2 aliphatic rings. The fourth-order valence-electron chi connectivity index (χ4n) is 4.71. The lowest BCUT2D eigenvalue weighted by Gasteiger charge is -2.32. The van der Waals surface area contributed by atoms with E-state index < -0.39 is 11.2 Å². The summed E-state index contributed by atoms with van der Waals surface area (Å²) in [6, 6.07) is 7.53. The van der Waals surface area contributed by atoms with E-state index in [2.05, 4.69) is 36.9 Å². The number of pyridine rings is 2. The number of nitrogens with one attached hydrogen (secondary N) is 3. The zero-order valence-corrected chi connectivity index (χ0v) is 28.0. The summed E-state index contributed by atoms with van der Waals surface area (Å²) >= 11 is 0. The minimum atomic E-state index is -0.433. The molecular weight excluding hydrogens is 572 g/mol. The number of piperidine rings is 2. The molecule has 0 atom stereocenters. The number of aldehydes is 1. The van der Waals surface area contributed by atoms with Crippen molar-refractivity contribution in [3.8, 4) is 0 Å². The predicted octanol–water partition coefficient (Wildman–Crippen LogP) is 5.22. The van der Waals surface area contributed by atoms with Gasteiger partial charge in [-0.2, -0.15) is 0 Å². The first-order chi connectivity index (χ1) is 21.3. The van der Waals surface area contributed by atoms with Crippen molar-refractivity contribution < 1.29 is 23.9 Å². The molecule has 2 fully saturated rings. The van der Waals surface area contributed by atoms with E-state index in [-0.39, 0.29) is 12.2 Å². The second kappa shape index (κ2) is 19.7. The van der Waals surface area contributed by atoms with Crippen LogP contribution in [0.5, 0.6) is 0 Å². The van der Waals surface area contributed by atoms with Crippen molar-refractivity contribution in [1.82, 2.24) is 30.8 Å². The maximum atomic E-state index is 11.7. The summed E-state index contributed by atoms with van der Waals surface area (Å²) in [5.74, 6) is 1.14. The van der Waals surface area contributed by atoms with E-state index >= 15 is 0 Å². The molecule has 45 heavy (non-hydrogen) atoms. The van der Waals surface area contributed by atoms with Gasteiger partial charge in [-0.3, -0.25) is 19.7 Å². The highest BCUT2D eigenvalue weighted by Crippen LogP contribution is 2.18. The highest BCUT2D eigenvalue weighted by molar-refractivity contribution is 5.73. The number of hydrogen-bond donors (Lipinski definition) is 3. The van der Waals surface area contributed by atoms with E-state index in [0.717, 1.165) is 71.2 Å². The Morgan fingerprint density at radius 2 is 1.36 bits per heavy atom. The fourth-order valence-corrected chi connectivity index (χ4v) is 4.71. The quantitative estimate of drug-likeness (QED) is 0.354. The Morgan fingerprint density at radius 1 is 0.844 bits per heavy atom. The van der Waals surface area contributed by atoms with Crippen LogP contribution in [0.25, 0.3) is 0 Å². The Kier molecular flexibility index (Phi) is 16.5. The van der Waals surface area contributed by atoms with Gasteiger partial charge in [0.2, 0.25) is 0 Å². The number of amides is 2. The van der Waals surface area contributed by atoms with Gasteiger partial charge in [0.1, 0.15) is 11.2 Å². The van der Waals surface area contributed by atoms with Gasteiger partial charge in [0, 0.05) is 50.0 Å². The summed E-state index contributed by atoms with van der Waals surface area (Å²) < 4.78 is 10.4. The maximum absolute atomic E-state index is 11.7. The van der Waals surface area contributed by atoms with Gasteiger partial charge in [0.15, 0.2) is 6.29 Å². The summed E-state index contributed by atoms with van der Waals surface area (Å²) in [6.45, 7) is 17.9. The lowest BCUT2D eigenvalue weighted by atomic mass is 9.96. The second-order valence-corrected chi connectivity index (χ2v) is 13.4. The molecule has 0 radical (unpaired) electrons. The number of aromatic nitrogens is 2. The molecule has 2 amide bonds. The van der Waals surface area contributed by atoms with E-state index in [1.54, 1.807) is 24.5 Å². The van der Waals surface area contributed by atoms with Crippen molar-refractivity contribution >= 4 is 18.5 Å². The third-order valence-corrected chi connectivity index (χ3v) is 6.98. The number of carbonyl (C=O) groups is 3. The van der Waals surface area contributed by atoms with Crippen molar-refractivity contribution in [2.75, 3.05) is 39.3 Å². The summed E-state index contributed by atoms with van der Waals surface area (Å²) in [4.78, 5) is 43.3.